The number of nitrogens with one attached hydrogen (secondary N) is 1. The number of carbonyl (C=O) groups is 2. The van der Waals surface area contributed by atoms with E-state index >= 15 is 0 Å². The SMILES string of the molecule is CC(=O)NCc1ccc(C(=O)N2C[C@@H](N)[C@H](c3ccccc3)C2)s1.Cl. The lowest BCUT2D eigenvalue weighted by molar-refractivity contribution is -0.119. The summed E-state index contributed by atoms with van der Waals surface area (Å²) in [7, 11) is 0. The highest BCUT2D eigenvalue weighted by Crippen LogP contribution is 2.28. The van der Waals surface area contributed by atoms with Gasteiger partial charge in [-0.15, -0.1) is 23.7 Å². The Balaban J connectivity index is 0.00000225. The molecule has 2 heterocycles. The molecule has 1 aromatic heterocycles. The summed E-state index contributed by atoms with van der Waals surface area (Å²) in [5.74, 6) is 0.115. The first-order valence-electron chi connectivity index (χ1n) is 7.97. The maximum Gasteiger partial charge on any atom is 0.264 e. The Bertz CT molecular complexity index is 735. The van der Waals surface area contributed by atoms with Crippen molar-refractivity contribution in [1.82, 2.24) is 10.2 Å². The van der Waals surface area contributed by atoms with E-state index in [1.54, 1.807) is 0 Å². The van der Waals surface area contributed by atoms with Gasteiger partial charge in [0.05, 0.1) is 11.4 Å². The van der Waals surface area contributed by atoms with E-state index < -0.39 is 0 Å². The zero-order chi connectivity index (χ0) is 17.1. The second kappa shape index (κ2) is 8.47. The number of carbonyl (C=O) groups excluding carboxylic acids is 2. The minimum Gasteiger partial charge on any atom is -0.351 e. The zero-order valence-electron chi connectivity index (χ0n) is 14.0. The van der Waals surface area contributed by atoms with Crippen LogP contribution in [0.2, 0.25) is 0 Å². The Hall–Kier alpha value is -1.89. The van der Waals surface area contributed by atoms with Gasteiger partial charge in [0.2, 0.25) is 5.91 Å². The number of rotatable bonds is 4. The molecule has 25 heavy (non-hydrogen) atoms. The third-order valence-corrected chi connectivity index (χ3v) is 5.34. The smallest absolute Gasteiger partial charge is 0.264 e. The number of amides is 2. The van der Waals surface area contributed by atoms with Gasteiger partial charge in [-0.05, 0) is 17.7 Å². The first-order valence-corrected chi connectivity index (χ1v) is 8.79. The maximum absolute atomic E-state index is 12.7. The minimum absolute atomic E-state index is 0. The second-order valence-corrected chi connectivity index (χ2v) is 7.24. The number of nitrogens with two attached hydrogens (primary N) is 1. The number of halogens is 1. The number of thiophene rings is 1. The van der Waals surface area contributed by atoms with Gasteiger partial charge in [-0.2, -0.15) is 0 Å². The number of hydrogen-bond acceptors (Lipinski definition) is 4. The van der Waals surface area contributed by atoms with E-state index in [2.05, 4.69) is 17.4 Å². The molecular formula is C18H22ClN3O2S. The van der Waals surface area contributed by atoms with Gasteiger partial charge >= 0.3 is 0 Å². The van der Waals surface area contributed by atoms with Gasteiger partial charge in [0.25, 0.3) is 5.91 Å². The summed E-state index contributed by atoms with van der Waals surface area (Å²) in [6, 6.07) is 13.8. The molecule has 0 bridgehead atoms. The number of hydrogen-bond donors (Lipinski definition) is 2. The van der Waals surface area contributed by atoms with Gasteiger partial charge in [0, 0.05) is 36.9 Å². The lowest BCUT2D eigenvalue weighted by Crippen LogP contribution is -2.31. The third-order valence-electron chi connectivity index (χ3n) is 4.26. The molecule has 1 saturated heterocycles. The normalized spacial score (nSPS) is 19.4. The highest BCUT2D eigenvalue weighted by Gasteiger charge is 2.34. The molecule has 0 aliphatic carbocycles. The molecule has 0 spiro atoms. The highest BCUT2D eigenvalue weighted by molar-refractivity contribution is 7.14. The Kier molecular flexibility index (Phi) is 6.58. The monoisotopic (exact) mass is 379 g/mol. The number of benzene rings is 1. The molecule has 5 nitrogen and oxygen atoms in total. The van der Waals surface area contributed by atoms with Gasteiger partial charge < -0.3 is 16.0 Å². The lowest BCUT2D eigenvalue weighted by Gasteiger charge is -2.15. The summed E-state index contributed by atoms with van der Waals surface area (Å²) in [4.78, 5) is 27.2. The van der Waals surface area contributed by atoms with Crippen molar-refractivity contribution >= 4 is 35.6 Å². The molecule has 3 N–H and O–H groups in total. The van der Waals surface area contributed by atoms with Gasteiger partial charge in [-0.1, -0.05) is 30.3 Å². The quantitative estimate of drug-likeness (QED) is 0.856. The van der Waals surface area contributed by atoms with Crippen molar-refractivity contribution in [3.63, 3.8) is 0 Å². The second-order valence-electron chi connectivity index (χ2n) is 6.07. The topological polar surface area (TPSA) is 75.4 Å². The van der Waals surface area contributed by atoms with Gasteiger partial charge in [-0.25, -0.2) is 0 Å². The van der Waals surface area contributed by atoms with Crippen LogP contribution in [0.5, 0.6) is 0 Å². The predicted molar refractivity (Wildman–Crippen MR) is 102 cm³/mol. The molecule has 1 aliphatic rings. The van der Waals surface area contributed by atoms with Gasteiger partial charge in [0.1, 0.15) is 0 Å². The third kappa shape index (κ3) is 4.60. The van der Waals surface area contributed by atoms with E-state index in [-0.39, 0.29) is 36.2 Å². The predicted octanol–water partition coefficient (Wildman–Crippen LogP) is 2.37. The van der Waals surface area contributed by atoms with Crippen LogP contribution in [0.3, 0.4) is 0 Å². The largest absolute Gasteiger partial charge is 0.351 e. The van der Waals surface area contributed by atoms with E-state index in [1.165, 1.54) is 23.8 Å². The van der Waals surface area contributed by atoms with E-state index in [4.69, 9.17) is 5.73 Å². The fraction of sp³-hybridized carbons (Fsp3) is 0.333. The van der Waals surface area contributed by atoms with Crippen LogP contribution in [0.15, 0.2) is 42.5 Å². The minimum atomic E-state index is -0.0764. The first-order chi connectivity index (χ1) is 11.5. The maximum atomic E-state index is 12.7. The first kappa shape index (κ1) is 19.4. The van der Waals surface area contributed by atoms with Crippen LogP contribution in [-0.2, 0) is 11.3 Å². The van der Waals surface area contributed by atoms with Crippen molar-refractivity contribution < 1.29 is 9.59 Å². The summed E-state index contributed by atoms with van der Waals surface area (Å²) < 4.78 is 0. The van der Waals surface area contributed by atoms with Crippen molar-refractivity contribution in [3.8, 4) is 0 Å². The summed E-state index contributed by atoms with van der Waals surface area (Å²) in [5.41, 5.74) is 7.44. The molecule has 2 atom stereocenters. The van der Waals surface area contributed by atoms with Gasteiger partial charge in [0.15, 0.2) is 0 Å². The van der Waals surface area contributed by atoms with E-state index in [1.807, 2.05) is 35.2 Å². The lowest BCUT2D eigenvalue weighted by atomic mass is 9.95. The number of likely N-dealkylation sites (tertiary alicyclic amines) is 1. The fourth-order valence-electron chi connectivity index (χ4n) is 3.00. The summed E-state index contributed by atoms with van der Waals surface area (Å²) >= 11 is 1.42. The molecule has 3 rings (SSSR count). The van der Waals surface area contributed by atoms with Gasteiger partial charge in [-0.3, -0.25) is 9.59 Å². The van der Waals surface area contributed by atoms with Crippen LogP contribution in [0, 0.1) is 0 Å². The molecule has 1 aliphatic heterocycles. The Morgan fingerprint density at radius 2 is 1.92 bits per heavy atom. The molecule has 0 radical (unpaired) electrons. The number of nitrogens with zero attached hydrogens (tertiary/aromatic N) is 1. The summed E-state index contributed by atoms with van der Waals surface area (Å²) in [5, 5.41) is 2.75. The standard InChI is InChI=1S/C18H21N3O2S.ClH/c1-12(22)20-9-14-7-8-17(24-14)18(23)21-10-15(16(19)11-21)13-5-3-2-4-6-13;/h2-8,15-16H,9-11,19H2,1H3,(H,20,22);1H/t15-,16+;/m0./s1. The molecule has 0 saturated carbocycles. The van der Waals surface area contributed by atoms with E-state index in [0.29, 0.717) is 24.5 Å². The Morgan fingerprint density at radius 1 is 1.20 bits per heavy atom. The van der Waals surface area contributed by atoms with Crippen molar-refractivity contribution in [2.45, 2.75) is 25.4 Å². The van der Waals surface area contributed by atoms with Crippen molar-refractivity contribution in [3.05, 3.63) is 57.8 Å². The van der Waals surface area contributed by atoms with Crippen LogP contribution in [-0.4, -0.2) is 35.8 Å². The summed E-state index contributed by atoms with van der Waals surface area (Å²) in [6.45, 7) is 3.15. The van der Waals surface area contributed by atoms with Crippen LogP contribution in [0.25, 0.3) is 0 Å². The van der Waals surface area contributed by atoms with E-state index in [9.17, 15) is 9.59 Å². The Labute approximate surface area is 157 Å². The molecule has 2 aromatic rings. The zero-order valence-corrected chi connectivity index (χ0v) is 15.6. The average Bonchev–Trinajstić information content (AvgIpc) is 3.20. The molecule has 134 valence electrons. The van der Waals surface area contributed by atoms with Crippen LogP contribution in [0.4, 0.5) is 0 Å². The fourth-order valence-corrected chi connectivity index (χ4v) is 3.92. The molecule has 7 heteroatoms. The van der Waals surface area contributed by atoms with Crippen molar-refractivity contribution in [1.29, 1.82) is 0 Å². The highest BCUT2D eigenvalue weighted by atomic mass is 35.5. The van der Waals surface area contributed by atoms with Crippen molar-refractivity contribution in [2.24, 2.45) is 5.73 Å². The van der Waals surface area contributed by atoms with Crippen LogP contribution >= 0.6 is 23.7 Å². The molecular weight excluding hydrogens is 358 g/mol. The van der Waals surface area contributed by atoms with Crippen LogP contribution in [0.1, 0.15) is 33.0 Å². The molecule has 2 amide bonds. The average molecular weight is 380 g/mol. The van der Waals surface area contributed by atoms with E-state index in [0.717, 1.165) is 4.88 Å². The molecule has 1 fully saturated rings. The molecule has 1 aromatic carbocycles. The summed E-state index contributed by atoms with van der Waals surface area (Å²) in [6.07, 6.45) is 0. The van der Waals surface area contributed by atoms with Crippen molar-refractivity contribution in [2.75, 3.05) is 13.1 Å². The molecule has 0 unspecified atom stereocenters. The Morgan fingerprint density at radius 3 is 2.60 bits per heavy atom. The van der Waals surface area contributed by atoms with Crippen LogP contribution < -0.4 is 11.1 Å².